The number of aliphatic hydroxyl groups excluding tert-OH is 1. The van der Waals surface area contributed by atoms with Gasteiger partial charge in [0.2, 0.25) is 0 Å². The van der Waals surface area contributed by atoms with Crippen LogP contribution in [-0.2, 0) is 13.5 Å². The number of hydrogen-bond donors (Lipinski definition) is 2. The number of aliphatic hydroxyl groups is 1. The lowest BCUT2D eigenvalue weighted by Gasteiger charge is -2.12. The van der Waals surface area contributed by atoms with E-state index in [4.69, 9.17) is 28.9 Å². The molecule has 1 unspecified atom stereocenters. The Morgan fingerprint density at radius 3 is 2.78 bits per heavy atom. The summed E-state index contributed by atoms with van der Waals surface area (Å²) in [6, 6.07) is 5.32. The van der Waals surface area contributed by atoms with Crippen molar-refractivity contribution in [3.05, 3.63) is 45.6 Å². The molecule has 2 rings (SSSR count). The lowest BCUT2D eigenvalue weighted by Crippen LogP contribution is -2.06. The van der Waals surface area contributed by atoms with E-state index >= 15 is 0 Å². The summed E-state index contributed by atoms with van der Waals surface area (Å²) in [6.07, 6.45) is 1.14. The Morgan fingerprint density at radius 1 is 1.44 bits per heavy atom. The number of nitrogen functional groups attached to an aromatic ring is 1. The van der Waals surface area contributed by atoms with Gasteiger partial charge in [0.1, 0.15) is 5.82 Å². The van der Waals surface area contributed by atoms with Crippen LogP contribution >= 0.6 is 23.2 Å². The van der Waals surface area contributed by atoms with Gasteiger partial charge in [0.15, 0.2) is 0 Å². The zero-order valence-corrected chi connectivity index (χ0v) is 11.3. The summed E-state index contributed by atoms with van der Waals surface area (Å²) in [7, 11) is 1.72. The number of halogens is 2. The third kappa shape index (κ3) is 2.46. The van der Waals surface area contributed by atoms with Crippen LogP contribution < -0.4 is 5.73 Å². The number of nitrogens with zero attached hydrogens (tertiary/aromatic N) is 2. The van der Waals surface area contributed by atoms with Crippen molar-refractivity contribution in [2.24, 2.45) is 7.05 Å². The molecule has 18 heavy (non-hydrogen) atoms. The molecule has 0 radical (unpaired) electrons. The maximum atomic E-state index is 10.1. The van der Waals surface area contributed by atoms with Crippen LogP contribution in [0.25, 0.3) is 0 Å². The number of anilines is 1. The molecule has 0 bridgehead atoms. The molecule has 0 aliphatic carbocycles. The molecule has 6 heteroatoms. The number of rotatable bonds is 3. The van der Waals surface area contributed by atoms with Crippen molar-refractivity contribution in [1.29, 1.82) is 0 Å². The van der Waals surface area contributed by atoms with E-state index in [1.54, 1.807) is 25.4 Å². The van der Waals surface area contributed by atoms with E-state index < -0.39 is 6.10 Å². The fourth-order valence-electron chi connectivity index (χ4n) is 1.75. The Bertz CT molecular complexity index is 568. The van der Waals surface area contributed by atoms with Crippen LogP contribution in [0.1, 0.15) is 17.2 Å². The quantitative estimate of drug-likeness (QED) is 0.911. The molecule has 3 N–H and O–H groups in total. The molecular weight excluding hydrogens is 273 g/mol. The zero-order chi connectivity index (χ0) is 13.3. The van der Waals surface area contributed by atoms with Gasteiger partial charge in [0.05, 0.1) is 22.3 Å². The van der Waals surface area contributed by atoms with Crippen molar-refractivity contribution < 1.29 is 5.11 Å². The predicted octanol–water partition coefficient (Wildman–Crippen LogP) is 2.59. The second kappa shape index (κ2) is 5.18. The van der Waals surface area contributed by atoms with Crippen molar-refractivity contribution in [2.75, 3.05) is 5.73 Å². The van der Waals surface area contributed by atoms with Crippen molar-refractivity contribution in [3.8, 4) is 0 Å². The summed E-state index contributed by atoms with van der Waals surface area (Å²) in [6.45, 7) is 0. The highest BCUT2D eigenvalue weighted by Crippen LogP contribution is 2.30. The Morgan fingerprint density at radius 2 is 2.17 bits per heavy atom. The number of benzene rings is 1. The monoisotopic (exact) mass is 285 g/mol. The zero-order valence-electron chi connectivity index (χ0n) is 9.77. The highest BCUT2D eigenvalue weighted by atomic mass is 35.5. The normalized spacial score (nSPS) is 12.7. The van der Waals surface area contributed by atoms with E-state index in [1.165, 1.54) is 4.68 Å². The van der Waals surface area contributed by atoms with E-state index in [0.717, 1.165) is 5.56 Å². The third-order valence-electron chi connectivity index (χ3n) is 2.82. The lowest BCUT2D eigenvalue weighted by molar-refractivity contribution is 0.179. The standard InChI is InChI=1S/C12H13Cl2N3O/c1-17-12(15)8(6-16-17)10(18)5-7-3-2-4-9(13)11(7)14/h2-4,6,10,18H,5,15H2,1H3. The van der Waals surface area contributed by atoms with Crippen LogP contribution in [0.15, 0.2) is 24.4 Å². The van der Waals surface area contributed by atoms with E-state index in [1.807, 2.05) is 6.07 Å². The molecule has 96 valence electrons. The van der Waals surface area contributed by atoms with Gasteiger partial charge >= 0.3 is 0 Å². The van der Waals surface area contributed by atoms with Crippen LogP contribution in [-0.4, -0.2) is 14.9 Å². The van der Waals surface area contributed by atoms with Gasteiger partial charge in [-0.3, -0.25) is 4.68 Å². The summed E-state index contributed by atoms with van der Waals surface area (Å²) in [5.41, 5.74) is 7.18. The van der Waals surface area contributed by atoms with Crippen LogP contribution in [0.5, 0.6) is 0 Å². The highest BCUT2D eigenvalue weighted by molar-refractivity contribution is 6.42. The van der Waals surface area contributed by atoms with Crippen molar-refractivity contribution in [3.63, 3.8) is 0 Å². The van der Waals surface area contributed by atoms with Gasteiger partial charge in [-0.1, -0.05) is 35.3 Å². The molecular formula is C12H13Cl2N3O. The highest BCUT2D eigenvalue weighted by Gasteiger charge is 2.17. The van der Waals surface area contributed by atoms with Gasteiger partial charge in [-0.05, 0) is 11.6 Å². The summed E-state index contributed by atoms with van der Waals surface area (Å²) >= 11 is 12.0. The molecule has 0 saturated carbocycles. The summed E-state index contributed by atoms with van der Waals surface area (Å²) in [4.78, 5) is 0. The first-order valence-electron chi connectivity index (χ1n) is 5.39. The molecule has 0 saturated heterocycles. The second-order valence-electron chi connectivity index (χ2n) is 4.04. The lowest BCUT2D eigenvalue weighted by atomic mass is 10.0. The van der Waals surface area contributed by atoms with E-state index in [2.05, 4.69) is 5.10 Å². The van der Waals surface area contributed by atoms with Gasteiger partial charge in [-0.15, -0.1) is 0 Å². The fraction of sp³-hybridized carbons (Fsp3) is 0.250. The minimum Gasteiger partial charge on any atom is -0.388 e. The number of aromatic nitrogens is 2. The van der Waals surface area contributed by atoms with Gasteiger partial charge in [-0.2, -0.15) is 5.10 Å². The first-order chi connectivity index (χ1) is 8.50. The SMILES string of the molecule is Cn1ncc(C(O)Cc2cccc(Cl)c2Cl)c1N. The van der Waals surface area contributed by atoms with Crippen molar-refractivity contribution in [2.45, 2.75) is 12.5 Å². The van der Waals surface area contributed by atoms with Crippen LogP contribution in [0.2, 0.25) is 10.0 Å². The van der Waals surface area contributed by atoms with Gasteiger partial charge in [0, 0.05) is 19.0 Å². The van der Waals surface area contributed by atoms with Crippen molar-refractivity contribution >= 4 is 29.0 Å². The Balaban J connectivity index is 2.24. The molecule has 4 nitrogen and oxygen atoms in total. The van der Waals surface area contributed by atoms with Crippen LogP contribution in [0.4, 0.5) is 5.82 Å². The third-order valence-corrected chi connectivity index (χ3v) is 3.68. The van der Waals surface area contributed by atoms with Crippen LogP contribution in [0.3, 0.4) is 0 Å². The smallest absolute Gasteiger partial charge is 0.127 e. The van der Waals surface area contributed by atoms with E-state index in [0.29, 0.717) is 27.8 Å². The molecule has 0 aliphatic heterocycles. The molecule has 0 aliphatic rings. The fourth-order valence-corrected chi connectivity index (χ4v) is 2.14. The number of nitrogens with two attached hydrogens (primary N) is 1. The molecule has 2 aromatic rings. The summed E-state index contributed by atoms with van der Waals surface area (Å²) in [5.74, 6) is 0.445. The van der Waals surface area contributed by atoms with E-state index in [9.17, 15) is 5.11 Å². The average Bonchev–Trinajstić information content (AvgIpc) is 2.66. The Kier molecular flexibility index (Phi) is 3.80. The van der Waals surface area contributed by atoms with Crippen molar-refractivity contribution in [1.82, 2.24) is 9.78 Å². The summed E-state index contributed by atoms with van der Waals surface area (Å²) in [5, 5.41) is 15.1. The minimum absolute atomic E-state index is 0.343. The molecule has 1 heterocycles. The maximum absolute atomic E-state index is 10.1. The molecule has 1 aromatic heterocycles. The molecule has 0 amide bonds. The molecule has 1 atom stereocenters. The largest absolute Gasteiger partial charge is 0.388 e. The molecule has 0 spiro atoms. The maximum Gasteiger partial charge on any atom is 0.127 e. The Hall–Kier alpha value is -1.23. The van der Waals surface area contributed by atoms with Gasteiger partial charge < -0.3 is 10.8 Å². The van der Waals surface area contributed by atoms with Gasteiger partial charge in [0.25, 0.3) is 0 Å². The average molecular weight is 286 g/mol. The van der Waals surface area contributed by atoms with Crippen LogP contribution in [0, 0.1) is 0 Å². The molecule has 1 aromatic carbocycles. The first-order valence-corrected chi connectivity index (χ1v) is 6.14. The summed E-state index contributed by atoms with van der Waals surface area (Å²) < 4.78 is 1.51. The van der Waals surface area contributed by atoms with E-state index in [-0.39, 0.29) is 0 Å². The Labute approximate surface area is 115 Å². The second-order valence-corrected chi connectivity index (χ2v) is 4.83. The topological polar surface area (TPSA) is 64.1 Å². The first kappa shape index (κ1) is 13.2. The number of hydrogen-bond acceptors (Lipinski definition) is 3. The molecule has 0 fully saturated rings. The minimum atomic E-state index is -0.755. The van der Waals surface area contributed by atoms with Gasteiger partial charge in [-0.25, -0.2) is 0 Å². The number of aryl methyl sites for hydroxylation is 1. The predicted molar refractivity (Wildman–Crippen MR) is 72.7 cm³/mol.